The minimum absolute atomic E-state index is 0.0921. The Morgan fingerprint density at radius 2 is 1.73 bits per heavy atom. The smallest absolute Gasteiger partial charge is 0.261 e. The Kier molecular flexibility index (Phi) is 7.61. The van der Waals surface area contributed by atoms with Gasteiger partial charge in [-0.1, -0.05) is 43.4 Å². The molecule has 6 nitrogen and oxygen atoms in total. The molecule has 0 aromatic heterocycles. The van der Waals surface area contributed by atoms with E-state index in [1.54, 1.807) is 18.2 Å². The van der Waals surface area contributed by atoms with Crippen LogP contribution in [0.1, 0.15) is 44.1 Å². The highest BCUT2D eigenvalue weighted by molar-refractivity contribution is 7.92. The fraction of sp³-hybridized carbons (Fsp3) is 0.409. The van der Waals surface area contributed by atoms with Gasteiger partial charge in [0.05, 0.1) is 10.6 Å². The third-order valence-corrected chi connectivity index (χ3v) is 6.95. The maximum Gasteiger partial charge on any atom is 0.261 e. The van der Waals surface area contributed by atoms with Crippen molar-refractivity contribution >= 4 is 33.2 Å². The van der Waals surface area contributed by atoms with Gasteiger partial charge in [-0.25, -0.2) is 8.42 Å². The molecule has 0 heterocycles. The number of hydrogen-bond donors (Lipinski definition) is 2. The fourth-order valence-corrected chi connectivity index (χ4v) is 4.66. The first-order valence-electron chi connectivity index (χ1n) is 10.1. The van der Waals surface area contributed by atoms with Crippen molar-refractivity contribution in [2.75, 3.05) is 11.3 Å². The van der Waals surface area contributed by atoms with Crippen molar-refractivity contribution in [3.63, 3.8) is 0 Å². The number of hydrogen-bond acceptors (Lipinski definition) is 4. The molecule has 8 heteroatoms. The Hall–Kier alpha value is -2.25. The van der Waals surface area contributed by atoms with E-state index in [0.717, 1.165) is 31.2 Å². The molecule has 3 rings (SSSR count). The minimum Gasteiger partial charge on any atom is -0.484 e. The van der Waals surface area contributed by atoms with Crippen LogP contribution in [0.2, 0.25) is 5.02 Å². The van der Waals surface area contributed by atoms with Crippen LogP contribution in [-0.2, 0) is 14.8 Å². The third kappa shape index (κ3) is 6.37. The summed E-state index contributed by atoms with van der Waals surface area (Å²) >= 11 is 6.06. The summed E-state index contributed by atoms with van der Waals surface area (Å²) in [5.41, 5.74) is 1.25. The average molecular weight is 451 g/mol. The van der Waals surface area contributed by atoms with Crippen LogP contribution in [0.15, 0.2) is 47.4 Å². The number of carbonyl (C=O) groups excluding carboxylic acids is 1. The number of aryl methyl sites for hydroxylation is 1. The maximum absolute atomic E-state index is 12.6. The third-order valence-electron chi connectivity index (χ3n) is 5.15. The maximum atomic E-state index is 12.6. The zero-order valence-corrected chi connectivity index (χ0v) is 18.6. The number of anilines is 1. The second kappa shape index (κ2) is 10.2. The van der Waals surface area contributed by atoms with Crippen LogP contribution in [0.4, 0.5) is 5.69 Å². The van der Waals surface area contributed by atoms with Gasteiger partial charge in [-0.15, -0.1) is 0 Å². The second-order valence-corrected chi connectivity index (χ2v) is 9.68. The molecular formula is C22H27ClN2O4S. The summed E-state index contributed by atoms with van der Waals surface area (Å²) in [4.78, 5) is 12.2. The Morgan fingerprint density at radius 1 is 1.07 bits per heavy atom. The summed E-state index contributed by atoms with van der Waals surface area (Å²) < 4.78 is 33.1. The van der Waals surface area contributed by atoms with Crippen LogP contribution in [0, 0.1) is 6.92 Å². The van der Waals surface area contributed by atoms with Crippen molar-refractivity contribution in [1.82, 2.24) is 5.32 Å². The van der Waals surface area contributed by atoms with Gasteiger partial charge in [0.15, 0.2) is 6.61 Å². The lowest BCUT2D eigenvalue weighted by Crippen LogP contribution is -2.37. The number of rotatable bonds is 7. The van der Waals surface area contributed by atoms with Crippen LogP contribution < -0.4 is 14.8 Å². The topological polar surface area (TPSA) is 84.5 Å². The molecule has 2 N–H and O–H groups in total. The molecule has 2 aromatic carbocycles. The quantitative estimate of drug-likeness (QED) is 0.600. The van der Waals surface area contributed by atoms with E-state index in [1.165, 1.54) is 37.1 Å². The van der Waals surface area contributed by atoms with Crippen molar-refractivity contribution in [3.05, 3.63) is 53.1 Å². The minimum atomic E-state index is -3.76. The molecular weight excluding hydrogens is 424 g/mol. The largest absolute Gasteiger partial charge is 0.484 e. The van der Waals surface area contributed by atoms with Crippen LogP contribution in [0.25, 0.3) is 0 Å². The van der Waals surface area contributed by atoms with E-state index in [-0.39, 0.29) is 23.5 Å². The first-order valence-corrected chi connectivity index (χ1v) is 12.0. The van der Waals surface area contributed by atoms with Gasteiger partial charge in [0.1, 0.15) is 5.75 Å². The molecule has 2 aromatic rings. The van der Waals surface area contributed by atoms with Gasteiger partial charge in [0.25, 0.3) is 15.9 Å². The van der Waals surface area contributed by atoms with Gasteiger partial charge >= 0.3 is 0 Å². The molecule has 0 unspecified atom stereocenters. The van der Waals surface area contributed by atoms with Crippen molar-refractivity contribution in [3.8, 4) is 5.75 Å². The standard InChI is InChI=1S/C22H27ClN2O4S/c1-16-8-9-18(14-21(16)23)25-30(27,28)20-12-10-19(11-13-20)29-15-22(26)24-17-6-4-2-3-5-7-17/h8-14,17,25H,2-7,15H2,1H3,(H,24,26). The first kappa shape index (κ1) is 22.4. The first-order chi connectivity index (χ1) is 14.3. The highest BCUT2D eigenvalue weighted by Crippen LogP contribution is 2.23. The summed E-state index contributed by atoms with van der Waals surface area (Å²) in [6.07, 6.45) is 6.76. The number of sulfonamides is 1. The van der Waals surface area contributed by atoms with E-state index in [9.17, 15) is 13.2 Å². The summed E-state index contributed by atoms with van der Waals surface area (Å²) in [6.45, 7) is 1.75. The van der Waals surface area contributed by atoms with Crippen LogP contribution >= 0.6 is 11.6 Å². The zero-order chi connectivity index (χ0) is 21.6. The lowest BCUT2D eigenvalue weighted by molar-refractivity contribution is -0.123. The molecule has 30 heavy (non-hydrogen) atoms. The number of nitrogens with one attached hydrogen (secondary N) is 2. The number of amides is 1. The number of carbonyl (C=O) groups is 1. The number of ether oxygens (including phenoxy) is 1. The fourth-order valence-electron chi connectivity index (χ4n) is 3.43. The Labute approximate surface area is 183 Å². The summed E-state index contributed by atoms with van der Waals surface area (Å²) in [5.74, 6) is 0.278. The van der Waals surface area contributed by atoms with Crippen molar-refractivity contribution < 1.29 is 17.9 Å². The van der Waals surface area contributed by atoms with Crippen molar-refractivity contribution in [1.29, 1.82) is 0 Å². The van der Waals surface area contributed by atoms with Crippen LogP contribution in [0.5, 0.6) is 5.75 Å². The van der Waals surface area contributed by atoms with E-state index in [1.807, 2.05) is 6.92 Å². The Bertz CT molecular complexity index is 969. The average Bonchev–Trinajstić information content (AvgIpc) is 2.98. The SMILES string of the molecule is Cc1ccc(NS(=O)(=O)c2ccc(OCC(=O)NC3CCCCCC3)cc2)cc1Cl. The Morgan fingerprint density at radius 3 is 2.37 bits per heavy atom. The molecule has 1 amide bonds. The lowest BCUT2D eigenvalue weighted by Gasteiger charge is -2.16. The van der Waals surface area contributed by atoms with Gasteiger partial charge in [-0.05, 0) is 61.7 Å². The molecule has 0 bridgehead atoms. The molecule has 1 saturated carbocycles. The summed E-state index contributed by atoms with van der Waals surface area (Å²) in [6, 6.07) is 11.1. The van der Waals surface area contributed by atoms with Crippen molar-refractivity contribution in [2.24, 2.45) is 0 Å². The summed E-state index contributed by atoms with van der Waals surface area (Å²) in [5, 5.41) is 3.51. The zero-order valence-electron chi connectivity index (χ0n) is 17.0. The molecule has 1 aliphatic carbocycles. The van der Waals surface area contributed by atoms with E-state index < -0.39 is 10.0 Å². The molecule has 0 aliphatic heterocycles. The monoisotopic (exact) mass is 450 g/mol. The highest BCUT2D eigenvalue weighted by Gasteiger charge is 2.16. The number of benzene rings is 2. The molecule has 0 spiro atoms. The van der Waals surface area contributed by atoms with Gasteiger partial charge in [0.2, 0.25) is 0 Å². The molecule has 1 fully saturated rings. The van der Waals surface area contributed by atoms with E-state index in [4.69, 9.17) is 16.3 Å². The lowest BCUT2D eigenvalue weighted by atomic mass is 10.1. The molecule has 0 atom stereocenters. The van der Waals surface area contributed by atoms with Crippen molar-refractivity contribution in [2.45, 2.75) is 56.4 Å². The van der Waals surface area contributed by atoms with E-state index in [0.29, 0.717) is 16.5 Å². The Balaban J connectivity index is 1.54. The summed E-state index contributed by atoms with van der Waals surface area (Å²) in [7, 11) is -3.76. The predicted octanol–water partition coefficient (Wildman–Crippen LogP) is 4.67. The predicted molar refractivity (Wildman–Crippen MR) is 119 cm³/mol. The normalized spacial score (nSPS) is 15.3. The van der Waals surface area contributed by atoms with Gasteiger partial charge in [-0.2, -0.15) is 0 Å². The van der Waals surface area contributed by atoms with E-state index >= 15 is 0 Å². The second-order valence-electron chi connectivity index (χ2n) is 7.59. The van der Waals surface area contributed by atoms with Gasteiger partial charge in [-0.3, -0.25) is 9.52 Å². The van der Waals surface area contributed by atoms with Gasteiger partial charge < -0.3 is 10.1 Å². The van der Waals surface area contributed by atoms with E-state index in [2.05, 4.69) is 10.0 Å². The van der Waals surface area contributed by atoms with Gasteiger partial charge in [0, 0.05) is 11.1 Å². The molecule has 1 aliphatic rings. The van der Waals surface area contributed by atoms with Crippen LogP contribution in [0.3, 0.4) is 0 Å². The molecule has 0 radical (unpaired) electrons. The highest BCUT2D eigenvalue weighted by atomic mass is 35.5. The molecule has 0 saturated heterocycles. The van der Waals surface area contributed by atoms with Crippen LogP contribution in [-0.4, -0.2) is 27.0 Å². The molecule has 162 valence electrons. The number of halogens is 1.